The second kappa shape index (κ2) is 29.6. The van der Waals surface area contributed by atoms with Crippen molar-refractivity contribution in [3.8, 4) is 0 Å². The molecule has 0 aromatic heterocycles. The van der Waals surface area contributed by atoms with Gasteiger partial charge in [-0.25, -0.2) is 19.6 Å². The lowest BCUT2D eigenvalue weighted by atomic mass is 9.85. The summed E-state index contributed by atoms with van der Waals surface area (Å²) in [5, 5.41) is 1.39. The average molecular weight is 1380 g/mol. The highest BCUT2D eigenvalue weighted by molar-refractivity contribution is 6.44. The number of carbonyl (C=O) groups excluding carboxylic acids is 8. The molecule has 0 bridgehead atoms. The Morgan fingerprint density at radius 3 is 0.491 bits per heavy atom. The monoisotopic (exact) mass is 1380 g/mol. The Labute approximate surface area is 613 Å². The molecule has 0 N–H and O–H groups in total. The Hall–Kier alpha value is -13.8. The molecule has 0 saturated carbocycles. The van der Waals surface area contributed by atoms with Gasteiger partial charge in [-0.3, -0.25) is 38.4 Å². The van der Waals surface area contributed by atoms with Crippen LogP contribution in [0.5, 0.6) is 0 Å². The number of carbonyl (C=O) groups is 8. The summed E-state index contributed by atoms with van der Waals surface area (Å²) >= 11 is 0. The molecule has 12 nitrogen and oxygen atoms in total. The summed E-state index contributed by atoms with van der Waals surface area (Å²) in [5.74, 6) is -3.91. The first kappa shape index (κ1) is 68.0. The SMILES string of the molecule is Cc1ccccc1.Cc1ccccc1.O=C1c2ccc3c4c(ccc(c24)C(=O)N1c1ccccc1Cc1ccccc1)C(=O)N(c1ccccc1Cc1ccccc1)C3=O.O=C1c2ccc3c4c(ccc(c24)C(=O)N1c1ccccc1Cc1ccccc1)C(=O)N(c1ccccc1Cc1ccccc1)C3=O. The summed E-state index contributed by atoms with van der Waals surface area (Å²) in [4.78, 5) is 118. The highest BCUT2D eigenvalue weighted by Crippen LogP contribution is 2.44. The number of para-hydroxylation sites is 4. The van der Waals surface area contributed by atoms with Crippen LogP contribution in [0.1, 0.15) is 138 Å². The van der Waals surface area contributed by atoms with E-state index in [1.165, 1.54) is 30.7 Å². The van der Waals surface area contributed by atoms with E-state index in [-0.39, 0.29) is 44.5 Å². The van der Waals surface area contributed by atoms with Crippen molar-refractivity contribution in [3.63, 3.8) is 0 Å². The van der Waals surface area contributed by atoms with Crippen LogP contribution in [0.25, 0.3) is 21.5 Å². The third kappa shape index (κ3) is 13.1. The third-order valence-electron chi connectivity index (χ3n) is 19.5. The van der Waals surface area contributed by atoms with Crippen LogP contribution in [-0.2, 0) is 25.7 Å². The van der Waals surface area contributed by atoms with Gasteiger partial charge in [-0.05, 0) is 157 Å². The van der Waals surface area contributed by atoms with E-state index >= 15 is 0 Å². The molecule has 4 aliphatic heterocycles. The number of nitrogens with zero attached hydrogens (tertiary/aromatic N) is 4. The molecule has 0 unspecified atom stereocenters. The average Bonchev–Trinajstić information content (AvgIpc) is 0.711. The molecule has 0 radical (unpaired) electrons. The molecular formula is C94H68N4O8. The predicted molar refractivity (Wildman–Crippen MR) is 418 cm³/mol. The highest BCUT2D eigenvalue weighted by Gasteiger charge is 2.44. The normalized spacial score (nSPS) is 13.2. The number of benzene rings is 14. The van der Waals surface area contributed by atoms with Gasteiger partial charge in [0, 0.05) is 66.1 Å². The smallest absolute Gasteiger partial charge is 0.265 e. The maximum Gasteiger partial charge on any atom is 0.265 e. The number of amides is 8. The van der Waals surface area contributed by atoms with E-state index in [4.69, 9.17) is 0 Å². The van der Waals surface area contributed by atoms with Gasteiger partial charge in [-0.2, -0.15) is 0 Å². The Morgan fingerprint density at radius 2 is 0.330 bits per heavy atom. The molecule has 0 atom stereocenters. The Bertz CT molecular complexity index is 4990. The second-order valence-corrected chi connectivity index (χ2v) is 26.4. The largest absolute Gasteiger partial charge is 0.268 e. The van der Waals surface area contributed by atoms with Gasteiger partial charge >= 0.3 is 0 Å². The fraction of sp³-hybridized carbons (Fsp3) is 0.0638. The Morgan fingerprint density at radius 1 is 0.179 bits per heavy atom. The molecule has 4 aliphatic rings. The van der Waals surface area contributed by atoms with Gasteiger partial charge in [0.1, 0.15) is 0 Å². The molecule has 12 heteroatoms. The maximum atomic E-state index is 14.1. The van der Waals surface area contributed by atoms with Gasteiger partial charge in [0.15, 0.2) is 0 Å². The summed E-state index contributed by atoms with van der Waals surface area (Å²) in [7, 11) is 0. The van der Waals surface area contributed by atoms with E-state index in [0.29, 0.717) is 70.0 Å². The Balaban J connectivity index is 0.000000143. The fourth-order valence-electron chi connectivity index (χ4n) is 14.5. The van der Waals surface area contributed by atoms with E-state index in [9.17, 15) is 38.4 Å². The highest BCUT2D eigenvalue weighted by atomic mass is 16.2. The number of hydrogen-bond donors (Lipinski definition) is 0. The minimum absolute atomic E-state index is 0.281. The van der Waals surface area contributed by atoms with E-state index < -0.39 is 47.3 Å². The molecule has 0 saturated heterocycles. The lowest BCUT2D eigenvalue weighted by molar-refractivity contribution is 0.0872. The quantitative estimate of drug-likeness (QED) is 0.110. The van der Waals surface area contributed by atoms with Crippen LogP contribution in [0.15, 0.2) is 328 Å². The molecule has 4 heterocycles. The summed E-state index contributed by atoms with van der Waals surface area (Å²) in [6.45, 7) is 4.17. The van der Waals surface area contributed by atoms with Crippen LogP contribution in [0.4, 0.5) is 22.7 Å². The maximum absolute atomic E-state index is 14.1. The molecule has 14 aromatic carbocycles. The minimum atomic E-state index is -0.489. The summed E-state index contributed by atoms with van der Waals surface area (Å²) in [6, 6.07) is 102. The topological polar surface area (TPSA) is 150 Å². The van der Waals surface area contributed by atoms with Gasteiger partial charge in [-0.15, -0.1) is 0 Å². The lowest BCUT2D eigenvalue weighted by Crippen LogP contribution is -2.44. The number of imide groups is 4. The summed E-state index contributed by atoms with van der Waals surface area (Å²) in [6.07, 6.45) is 2.16. The van der Waals surface area contributed by atoms with Crippen molar-refractivity contribution < 1.29 is 38.4 Å². The minimum Gasteiger partial charge on any atom is -0.268 e. The van der Waals surface area contributed by atoms with Gasteiger partial charge in [0.2, 0.25) is 0 Å². The van der Waals surface area contributed by atoms with Crippen LogP contribution in [0.2, 0.25) is 0 Å². The Kier molecular flexibility index (Phi) is 19.0. The molecule has 0 aliphatic carbocycles. The van der Waals surface area contributed by atoms with Crippen molar-refractivity contribution >= 4 is 91.6 Å². The molecule has 8 amide bonds. The third-order valence-corrected chi connectivity index (χ3v) is 19.5. The van der Waals surface area contributed by atoms with Crippen LogP contribution < -0.4 is 19.6 Å². The zero-order valence-electron chi connectivity index (χ0n) is 58.1. The van der Waals surface area contributed by atoms with Gasteiger partial charge in [-0.1, -0.05) is 266 Å². The molecule has 0 spiro atoms. The van der Waals surface area contributed by atoms with E-state index in [1.807, 2.05) is 231 Å². The van der Waals surface area contributed by atoms with E-state index in [1.54, 1.807) is 72.8 Å². The van der Waals surface area contributed by atoms with Gasteiger partial charge in [0.25, 0.3) is 47.3 Å². The molecule has 106 heavy (non-hydrogen) atoms. The predicted octanol–water partition coefficient (Wildman–Crippen LogP) is 19.2. The number of rotatable bonds is 12. The van der Waals surface area contributed by atoms with Crippen LogP contribution >= 0.6 is 0 Å². The van der Waals surface area contributed by atoms with E-state index in [0.717, 1.165) is 44.5 Å². The van der Waals surface area contributed by atoms with Crippen LogP contribution in [-0.4, -0.2) is 47.3 Å². The number of hydrogen-bond acceptors (Lipinski definition) is 8. The zero-order chi connectivity index (χ0) is 73.0. The zero-order valence-corrected chi connectivity index (χ0v) is 58.1. The van der Waals surface area contributed by atoms with Crippen molar-refractivity contribution in [3.05, 3.63) is 428 Å². The molecule has 512 valence electrons. The first-order valence-electron chi connectivity index (χ1n) is 35.1. The number of aryl methyl sites for hydroxylation is 2. The molecule has 14 aromatic rings. The summed E-state index contributed by atoms with van der Waals surface area (Å²) in [5.41, 5.74) is 14.5. The van der Waals surface area contributed by atoms with Crippen molar-refractivity contribution in [1.29, 1.82) is 0 Å². The van der Waals surface area contributed by atoms with Crippen LogP contribution in [0, 0.1) is 13.8 Å². The van der Waals surface area contributed by atoms with Crippen molar-refractivity contribution in [2.24, 2.45) is 0 Å². The van der Waals surface area contributed by atoms with Crippen molar-refractivity contribution in [2.45, 2.75) is 39.5 Å². The van der Waals surface area contributed by atoms with Crippen molar-refractivity contribution in [1.82, 2.24) is 0 Å². The first-order chi connectivity index (χ1) is 51.8. The molecule has 0 fully saturated rings. The second-order valence-electron chi connectivity index (χ2n) is 26.4. The summed E-state index contributed by atoms with van der Waals surface area (Å²) < 4.78 is 0. The first-order valence-corrected chi connectivity index (χ1v) is 35.1. The van der Waals surface area contributed by atoms with Crippen LogP contribution in [0.3, 0.4) is 0 Å². The molecular weight excluding hydrogens is 1310 g/mol. The van der Waals surface area contributed by atoms with E-state index in [2.05, 4.69) is 38.1 Å². The fourth-order valence-corrected chi connectivity index (χ4v) is 14.5. The van der Waals surface area contributed by atoms with Crippen molar-refractivity contribution in [2.75, 3.05) is 19.6 Å². The van der Waals surface area contributed by atoms with Gasteiger partial charge in [0.05, 0.1) is 22.7 Å². The standard InChI is InChI=1S/2C40H26N2O4.2C7H8/c2*43-37-29-19-21-31-36-32(40(46)42(39(31)45)34-18-10-8-16-28(34)24-26-13-5-2-6-14-26)22-20-30(35(29)36)38(44)41(37)33-17-9-7-15-27(33)23-25-11-3-1-4-12-25;2*1-7-5-3-2-4-6-7/h2*1-22H,23-24H2;2*2-6H,1H3. The molecule has 18 rings (SSSR count). The van der Waals surface area contributed by atoms with Gasteiger partial charge < -0.3 is 0 Å². The number of anilines is 4. The lowest BCUT2D eigenvalue weighted by Gasteiger charge is -2.33.